The van der Waals surface area contributed by atoms with Crippen LogP contribution < -0.4 is 0 Å². The summed E-state index contributed by atoms with van der Waals surface area (Å²) >= 11 is 14.4. The molecular formula is C12H13BrCl2O3. The van der Waals surface area contributed by atoms with Gasteiger partial charge in [-0.2, -0.15) is 0 Å². The fraction of sp³-hybridized carbons (Fsp3) is 0.417. The zero-order valence-electron chi connectivity index (χ0n) is 9.54. The van der Waals surface area contributed by atoms with Crippen molar-refractivity contribution < 1.29 is 14.6 Å². The van der Waals surface area contributed by atoms with Crippen molar-refractivity contribution in [3.63, 3.8) is 0 Å². The van der Waals surface area contributed by atoms with Gasteiger partial charge in [0.05, 0.1) is 6.61 Å². The number of benzene rings is 1. The number of carboxylic acid groups (broad SMARTS) is 1. The van der Waals surface area contributed by atoms with Crippen LogP contribution in [0.4, 0.5) is 0 Å². The van der Waals surface area contributed by atoms with E-state index in [9.17, 15) is 4.79 Å². The number of alkyl halides is 2. The molecule has 6 heteroatoms. The molecule has 0 amide bonds. The van der Waals surface area contributed by atoms with E-state index in [0.29, 0.717) is 31.1 Å². The Labute approximate surface area is 124 Å². The minimum atomic E-state index is -1.39. The number of aliphatic carboxylic acids is 1. The van der Waals surface area contributed by atoms with Gasteiger partial charge in [-0.05, 0) is 30.5 Å². The third-order valence-electron chi connectivity index (χ3n) is 2.27. The molecule has 0 aliphatic rings. The molecule has 0 spiro atoms. The predicted molar refractivity (Wildman–Crippen MR) is 75.5 cm³/mol. The Kier molecular flexibility index (Phi) is 6.43. The molecule has 0 radical (unpaired) electrons. The van der Waals surface area contributed by atoms with Gasteiger partial charge in [-0.1, -0.05) is 51.3 Å². The molecule has 0 saturated heterocycles. The maximum atomic E-state index is 10.7. The summed E-state index contributed by atoms with van der Waals surface area (Å²) < 4.78 is 4.03. The average molecular weight is 356 g/mol. The van der Waals surface area contributed by atoms with Crippen molar-refractivity contribution in [1.29, 1.82) is 0 Å². The second-order valence-electron chi connectivity index (χ2n) is 3.79. The minimum absolute atomic E-state index is 0.296. The summed E-state index contributed by atoms with van der Waals surface area (Å²) in [6.45, 7) is 0.928. The molecular weight excluding hydrogens is 343 g/mol. The van der Waals surface area contributed by atoms with Gasteiger partial charge in [0.25, 0.3) is 0 Å². The number of ether oxygens (including phenoxy) is 1. The second kappa shape index (κ2) is 7.34. The smallest absolute Gasteiger partial charge is 0.335 e. The maximum absolute atomic E-state index is 10.7. The van der Waals surface area contributed by atoms with Gasteiger partial charge >= 0.3 is 5.97 Å². The van der Waals surface area contributed by atoms with Crippen molar-refractivity contribution in [3.05, 3.63) is 34.9 Å². The predicted octanol–water partition coefficient (Wildman–Crippen LogP) is 4.05. The molecule has 1 rings (SSSR count). The molecule has 1 N–H and O–H groups in total. The summed E-state index contributed by atoms with van der Waals surface area (Å²) in [6, 6.07) is 7.37. The van der Waals surface area contributed by atoms with Gasteiger partial charge in [-0.3, -0.25) is 0 Å². The summed E-state index contributed by atoms with van der Waals surface area (Å²) in [7, 11) is 0. The first-order valence-corrected chi connectivity index (χ1v) is 6.90. The lowest BCUT2D eigenvalue weighted by molar-refractivity contribution is -0.137. The highest BCUT2D eigenvalue weighted by atomic mass is 79.9. The first-order chi connectivity index (χ1) is 8.42. The minimum Gasteiger partial charge on any atom is -0.479 e. The SMILES string of the molecule is O=C(O)C(Cl)(Br)CCCOCc1ccc(Cl)cc1. The van der Waals surface area contributed by atoms with Gasteiger partial charge in [0.1, 0.15) is 0 Å². The molecule has 100 valence electrons. The van der Waals surface area contributed by atoms with Gasteiger partial charge in [0.15, 0.2) is 3.78 Å². The summed E-state index contributed by atoms with van der Waals surface area (Å²) in [5.41, 5.74) is 1.02. The highest BCUT2D eigenvalue weighted by molar-refractivity contribution is 9.10. The van der Waals surface area contributed by atoms with Crippen LogP contribution in [0.3, 0.4) is 0 Å². The van der Waals surface area contributed by atoms with Crippen LogP contribution in [0.2, 0.25) is 5.02 Å². The van der Waals surface area contributed by atoms with Gasteiger partial charge in [0, 0.05) is 11.6 Å². The van der Waals surface area contributed by atoms with E-state index in [4.69, 9.17) is 33.0 Å². The molecule has 0 saturated carbocycles. The molecule has 3 nitrogen and oxygen atoms in total. The quantitative estimate of drug-likeness (QED) is 0.592. The van der Waals surface area contributed by atoms with Gasteiger partial charge < -0.3 is 9.84 Å². The molecule has 0 aromatic heterocycles. The van der Waals surface area contributed by atoms with Crippen molar-refractivity contribution in [2.24, 2.45) is 0 Å². The van der Waals surface area contributed by atoms with Crippen molar-refractivity contribution in [3.8, 4) is 0 Å². The van der Waals surface area contributed by atoms with E-state index in [1.54, 1.807) is 12.1 Å². The topological polar surface area (TPSA) is 46.5 Å². The van der Waals surface area contributed by atoms with Crippen molar-refractivity contribution >= 4 is 45.1 Å². The molecule has 0 aliphatic carbocycles. The van der Waals surface area contributed by atoms with E-state index in [0.717, 1.165) is 5.56 Å². The number of carboxylic acids is 1. The van der Waals surface area contributed by atoms with Gasteiger partial charge in [0.2, 0.25) is 0 Å². The molecule has 1 aromatic rings. The normalized spacial score (nSPS) is 14.2. The summed E-state index contributed by atoms with van der Waals surface area (Å²) in [4.78, 5) is 10.7. The van der Waals surface area contributed by atoms with Crippen LogP contribution in [0.5, 0.6) is 0 Å². The maximum Gasteiger partial charge on any atom is 0.335 e. The largest absolute Gasteiger partial charge is 0.479 e. The van der Waals surface area contributed by atoms with E-state index in [2.05, 4.69) is 15.9 Å². The highest BCUT2D eigenvalue weighted by Crippen LogP contribution is 2.29. The van der Waals surface area contributed by atoms with E-state index in [1.165, 1.54) is 0 Å². The number of carbonyl (C=O) groups is 1. The highest BCUT2D eigenvalue weighted by Gasteiger charge is 2.31. The third-order valence-corrected chi connectivity index (χ3v) is 3.61. The Bertz CT molecular complexity index is 393. The second-order valence-corrected chi connectivity index (χ2v) is 6.68. The zero-order valence-corrected chi connectivity index (χ0v) is 12.6. The molecule has 1 unspecified atom stereocenters. The van der Waals surface area contributed by atoms with E-state index >= 15 is 0 Å². The number of halogens is 3. The molecule has 0 aliphatic heterocycles. The average Bonchev–Trinajstić information content (AvgIpc) is 2.31. The molecule has 1 aromatic carbocycles. The molecule has 18 heavy (non-hydrogen) atoms. The number of hydrogen-bond acceptors (Lipinski definition) is 2. The Hall–Kier alpha value is -0.290. The van der Waals surface area contributed by atoms with Gasteiger partial charge in [-0.15, -0.1) is 0 Å². The molecule has 1 atom stereocenters. The lowest BCUT2D eigenvalue weighted by Gasteiger charge is -2.13. The molecule has 0 bridgehead atoms. The summed E-state index contributed by atoms with van der Waals surface area (Å²) in [5, 5.41) is 9.46. The monoisotopic (exact) mass is 354 g/mol. The zero-order chi connectivity index (χ0) is 13.6. The van der Waals surface area contributed by atoms with Crippen molar-refractivity contribution in [1.82, 2.24) is 0 Å². The van der Waals surface area contributed by atoms with Crippen LogP contribution in [0.15, 0.2) is 24.3 Å². The first-order valence-electron chi connectivity index (χ1n) is 5.35. The Morgan fingerprint density at radius 3 is 2.56 bits per heavy atom. The lowest BCUT2D eigenvalue weighted by atomic mass is 10.2. The van der Waals surface area contributed by atoms with Crippen LogP contribution in [-0.2, 0) is 16.1 Å². The standard InChI is InChI=1S/C12H13BrCl2O3/c13-12(15,11(16)17)6-1-7-18-8-9-2-4-10(14)5-3-9/h2-5H,1,6-8H2,(H,16,17). The fourth-order valence-electron chi connectivity index (χ4n) is 1.27. The Morgan fingerprint density at radius 1 is 1.39 bits per heavy atom. The van der Waals surface area contributed by atoms with Crippen LogP contribution in [0, 0.1) is 0 Å². The Balaban J connectivity index is 2.20. The number of rotatable bonds is 7. The van der Waals surface area contributed by atoms with E-state index < -0.39 is 9.75 Å². The first kappa shape index (κ1) is 15.8. The summed E-state index contributed by atoms with van der Waals surface area (Å²) in [6.07, 6.45) is 0.860. The van der Waals surface area contributed by atoms with Crippen LogP contribution in [0.1, 0.15) is 18.4 Å². The molecule has 0 heterocycles. The number of hydrogen-bond donors (Lipinski definition) is 1. The molecule has 0 fully saturated rings. The van der Waals surface area contributed by atoms with Crippen molar-refractivity contribution in [2.45, 2.75) is 23.2 Å². The summed E-state index contributed by atoms with van der Waals surface area (Å²) in [5.74, 6) is -1.08. The lowest BCUT2D eigenvalue weighted by Crippen LogP contribution is -2.25. The van der Waals surface area contributed by atoms with Crippen LogP contribution in [-0.4, -0.2) is 21.5 Å². The van der Waals surface area contributed by atoms with E-state index in [1.807, 2.05) is 12.1 Å². The fourth-order valence-corrected chi connectivity index (χ4v) is 1.81. The van der Waals surface area contributed by atoms with E-state index in [-0.39, 0.29) is 0 Å². The third kappa shape index (κ3) is 5.57. The van der Waals surface area contributed by atoms with Gasteiger partial charge in [-0.25, -0.2) is 4.79 Å². The van der Waals surface area contributed by atoms with Crippen LogP contribution >= 0.6 is 39.1 Å². The van der Waals surface area contributed by atoms with Crippen molar-refractivity contribution in [2.75, 3.05) is 6.61 Å². The Morgan fingerprint density at radius 2 is 2.00 bits per heavy atom. The van der Waals surface area contributed by atoms with Crippen LogP contribution in [0.25, 0.3) is 0 Å².